The maximum atomic E-state index is 12.9. The van der Waals surface area contributed by atoms with Gasteiger partial charge in [0.2, 0.25) is 0 Å². The Balaban J connectivity index is 1.44. The SMILES string of the molecule is COc1cc(-n2cnnn2)c(Cl)cc1C(=O)NCc1cccc(NC(=O)c2ccc(C)cc2)c1. The lowest BCUT2D eigenvalue weighted by Gasteiger charge is -2.13. The Morgan fingerprint density at radius 3 is 2.56 bits per heavy atom. The number of aromatic nitrogens is 4. The Bertz CT molecular complexity index is 1320. The van der Waals surface area contributed by atoms with Crippen LogP contribution in [0.25, 0.3) is 5.69 Å². The zero-order valence-corrected chi connectivity index (χ0v) is 19.2. The smallest absolute Gasteiger partial charge is 0.255 e. The highest BCUT2D eigenvalue weighted by molar-refractivity contribution is 6.33. The molecule has 0 fully saturated rings. The molecule has 0 bridgehead atoms. The van der Waals surface area contributed by atoms with Crippen molar-refractivity contribution in [3.05, 3.63) is 94.3 Å². The number of nitrogens with zero attached hydrogens (tertiary/aromatic N) is 4. The molecule has 4 aromatic rings. The van der Waals surface area contributed by atoms with Crippen molar-refractivity contribution in [3.63, 3.8) is 0 Å². The molecule has 0 aliphatic heterocycles. The van der Waals surface area contributed by atoms with Crippen LogP contribution in [0.4, 0.5) is 5.69 Å². The van der Waals surface area contributed by atoms with Crippen molar-refractivity contribution in [2.45, 2.75) is 13.5 Å². The van der Waals surface area contributed by atoms with E-state index in [4.69, 9.17) is 16.3 Å². The van der Waals surface area contributed by atoms with E-state index < -0.39 is 0 Å². The van der Waals surface area contributed by atoms with Crippen molar-refractivity contribution in [1.29, 1.82) is 0 Å². The molecule has 9 nitrogen and oxygen atoms in total. The van der Waals surface area contributed by atoms with Gasteiger partial charge in [0.05, 0.1) is 23.4 Å². The molecule has 10 heteroatoms. The molecule has 1 heterocycles. The first kappa shape index (κ1) is 22.9. The molecule has 172 valence electrons. The molecule has 0 aliphatic rings. The number of carbonyl (C=O) groups excluding carboxylic acids is 2. The summed E-state index contributed by atoms with van der Waals surface area (Å²) in [5.74, 6) is -0.245. The van der Waals surface area contributed by atoms with Gasteiger partial charge in [0.1, 0.15) is 12.1 Å². The Morgan fingerprint density at radius 1 is 1.06 bits per heavy atom. The predicted octanol–water partition coefficient (Wildman–Crippen LogP) is 3.82. The fourth-order valence-corrected chi connectivity index (χ4v) is 3.53. The molecule has 0 atom stereocenters. The van der Waals surface area contributed by atoms with Crippen LogP contribution in [-0.4, -0.2) is 39.1 Å². The molecule has 1 aromatic heterocycles. The zero-order chi connectivity index (χ0) is 24.1. The number of benzene rings is 3. The van der Waals surface area contributed by atoms with E-state index in [1.54, 1.807) is 30.3 Å². The number of carbonyl (C=O) groups is 2. The maximum Gasteiger partial charge on any atom is 0.255 e. The fourth-order valence-electron chi connectivity index (χ4n) is 3.28. The molecule has 0 radical (unpaired) electrons. The van der Waals surface area contributed by atoms with E-state index in [9.17, 15) is 9.59 Å². The van der Waals surface area contributed by atoms with Gasteiger partial charge in [-0.1, -0.05) is 41.4 Å². The van der Waals surface area contributed by atoms with Crippen molar-refractivity contribution in [2.75, 3.05) is 12.4 Å². The van der Waals surface area contributed by atoms with Crippen LogP contribution in [0.2, 0.25) is 5.02 Å². The predicted molar refractivity (Wildman–Crippen MR) is 127 cm³/mol. The summed E-state index contributed by atoms with van der Waals surface area (Å²) in [6.07, 6.45) is 1.39. The van der Waals surface area contributed by atoms with Gasteiger partial charge in [0, 0.05) is 23.9 Å². The molecular weight excluding hydrogens is 456 g/mol. The molecule has 0 spiro atoms. The van der Waals surface area contributed by atoms with E-state index in [-0.39, 0.29) is 23.9 Å². The zero-order valence-electron chi connectivity index (χ0n) is 18.4. The van der Waals surface area contributed by atoms with E-state index in [1.165, 1.54) is 24.2 Å². The molecule has 0 unspecified atom stereocenters. The van der Waals surface area contributed by atoms with Gasteiger partial charge in [-0.3, -0.25) is 9.59 Å². The highest BCUT2D eigenvalue weighted by Crippen LogP contribution is 2.29. The number of aryl methyl sites for hydroxylation is 1. The van der Waals surface area contributed by atoms with E-state index in [2.05, 4.69) is 26.2 Å². The van der Waals surface area contributed by atoms with Gasteiger partial charge in [0.15, 0.2) is 0 Å². The van der Waals surface area contributed by atoms with Crippen LogP contribution >= 0.6 is 11.6 Å². The second-order valence-corrected chi connectivity index (χ2v) is 7.87. The number of anilines is 1. The first-order chi connectivity index (χ1) is 16.4. The summed E-state index contributed by atoms with van der Waals surface area (Å²) in [4.78, 5) is 25.3. The van der Waals surface area contributed by atoms with Gasteiger partial charge in [-0.15, -0.1) is 5.10 Å². The molecule has 34 heavy (non-hydrogen) atoms. The highest BCUT2D eigenvalue weighted by Gasteiger charge is 2.17. The van der Waals surface area contributed by atoms with Gasteiger partial charge in [-0.25, -0.2) is 0 Å². The third kappa shape index (κ3) is 5.21. The van der Waals surface area contributed by atoms with E-state index in [1.807, 2.05) is 31.2 Å². The number of amides is 2. The molecule has 0 saturated heterocycles. The van der Waals surface area contributed by atoms with Gasteiger partial charge < -0.3 is 15.4 Å². The number of halogens is 1. The van der Waals surface area contributed by atoms with E-state index in [0.717, 1.165) is 11.1 Å². The quantitative estimate of drug-likeness (QED) is 0.419. The number of hydrogen-bond donors (Lipinski definition) is 2. The third-order valence-electron chi connectivity index (χ3n) is 5.06. The number of methoxy groups -OCH3 is 1. The van der Waals surface area contributed by atoms with Gasteiger partial charge in [0.25, 0.3) is 11.8 Å². The summed E-state index contributed by atoms with van der Waals surface area (Å²) in [6, 6.07) is 17.7. The molecule has 4 rings (SSSR count). The number of tetrazole rings is 1. The van der Waals surface area contributed by atoms with E-state index in [0.29, 0.717) is 27.7 Å². The molecular formula is C24H21ClN6O3. The first-order valence-corrected chi connectivity index (χ1v) is 10.7. The Hall–Kier alpha value is -4.24. The van der Waals surface area contributed by atoms with Crippen LogP contribution < -0.4 is 15.4 Å². The fraction of sp³-hybridized carbons (Fsp3) is 0.125. The molecule has 3 aromatic carbocycles. The van der Waals surface area contributed by atoms with Gasteiger partial charge >= 0.3 is 0 Å². The van der Waals surface area contributed by atoms with Crippen molar-refractivity contribution >= 4 is 29.1 Å². The minimum atomic E-state index is -0.365. The number of ether oxygens (including phenoxy) is 1. The van der Waals surface area contributed by atoms with Crippen LogP contribution in [0.5, 0.6) is 5.75 Å². The minimum absolute atomic E-state index is 0.205. The summed E-state index contributed by atoms with van der Waals surface area (Å²) < 4.78 is 6.75. The average molecular weight is 477 g/mol. The average Bonchev–Trinajstić information content (AvgIpc) is 3.38. The topological polar surface area (TPSA) is 111 Å². The number of rotatable bonds is 7. The van der Waals surface area contributed by atoms with Crippen LogP contribution in [0.15, 0.2) is 67.0 Å². The molecule has 2 amide bonds. The summed E-state index contributed by atoms with van der Waals surface area (Å²) >= 11 is 6.35. The summed E-state index contributed by atoms with van der Waals surface area (Å²) in [7, 11) is 1.46. The molecule has 0 aliphatic carbocycles. The normalized spacial score (nSPS) is 10.6. The third-order valence-corrected chi connectivity index (χ3v) is 5.36. The van der Waals surface area contributed by atoms with Crippen molar-refractivity contribution < 1.29 is 14.3 Å². The lowest BCUT2D eigenvalue weighted by atomic mass is 10.1. The number of nitrogens with one attached hydrogen (secondary N) is 2. The Labute approximate surface area is 200 Å². The van der Waals surface area contributed by atoms with Crippen molar-refractivity contribution in [1.82, 2.24) is 25.5 Å². The second kappa shape index (κ2) is 10.1. The van der Waals surface area contributed by atoms with Crippen molar-refractivity contribution in [2.24, 2.45) is 0 Å². The Kier molecular flexibility index (Phi) is 6.84. The summed E-state index contributed by atoms with van der Waals surface area (Å²) in [5.41, 5.74) is 3.84. The first-order valence-electron chi connectivity index (χ1n) is 10.3. The van der Waals surface area contributed by atoms with Crippen molar-refractivity contribution in [3.8, 4) is 11.4 Å². The van der Waals surface area contributed by atoms with Crippen LogP contribution in [0.3, 0.4) is 0 Å². The van der Waals surface area contributed by atoms with Crippen LogP contribution in [0.1, 0.15) is 31.8 Å². The van der Waals surface area contributed by atoms with Crippen LogP contribution in [0, 0.1) is 6.92 Å². The standard InChI is InChI=1S/C24H21ClN6O3/c1-15-6-8-17(9-7-15)23(32)28-18-5-3-4-16(10-18)13-26-24(33)19-11-20(25)21(12-22(19)34-2)31-14-27-29-30-31/h3-12,14H,13H2,1-2H3,(H,26,33)(H,28,32). The van der Waals surface area contributed by atoms with Crippen LogP contribution in [-0.2, 0) is 6.54 Å². The minimum Gasteiger partial charge on any atom is -0.496 e. The summed E-state index contributed by atoms with van der Waals surface area (Å²) in [5, 5.41) is 17.0. The molecule has 0 saturated carbocycles. The largest absolute Gasteiger partial charge is 0.496 e. The van der Waals surface area contributed by atoms with Gasteiger partial charge in [-0.2, -0.15) is 4.68 Å². The lowest BCUT2D eigenvalue weighted by Crippen LogP contribution is -2.23. The Morgan fingerprint density at radius 2 is 1.85 bits per heavy atom. The second-order valence-electron chi connectivity index (χ2n) is 7.46. The van der Waals surface area contributed by atoms with E-state index >= 15 is 0 Å². The summed E-state index contributed by atoms with van der Waals surface area (Å²) in [6.45, 7) is 2.20. The molecule has 2 N–H and O–H groups in total. The van der Waals surface area contributed by atoms with Gasteiger partial charge in [-0.05, 0) is 53.2 Å². The lowest BCUT2D eigenvalue weighted by molar-refractivity contribution is 0.0947. The maximum absolute atomic E-state index is 12.9. The highest BCUT2D eigenvalue weighted by atomic mass is 35.5. The number of hydrogen-bond acceptors (Lipinski definition) is 6. The monoisotopic (exact) mass is 476 g/mol.